The maximum absolute atomic E-state index is 13.5. The third-order valence-electron chi connectivity index (χ3n) is 6.70. The van der Waals surface area contributed by atoms with Crippen molar-refractivity contribution < 1.29 is 9.21 Å². The average Bonchev–Trinajstić information content (AvgIpc) is 3.46. The molecule has 3 aromatic carbocycles. The van der Waals surface area contributed by atoms with Gasteiger partial charge in [-0.3, -0.25) is 4.79 Å². The molecule has 0 N–H and O–H groups in total. The molecule has 0 aliphatic carbocycles. The number of aryl methyl sites for hydroxylation is 1. The highest BCUT2D eigenvalue weighted by molar-refractivity contribution is 6.08. The molecule has 1 amide bonds. The number of carbonyl (C=O) groups excluding carboxylic acids is 1. The van der Waals surface area contributed by atoms with Crippen LogP contribution in [0.3, 0.4) is 0 Å². The van der Waals surface area contributed by atoms with Crippen LogP contribution in [0, 0.1) is 0 Å². The van der Waals surface area contributed by atoms with E-state index in [9.17, 15) is 4.79 Å². The molecule has 0 saturated heterocycles. The van der Waals surface area contributed by atoms with E-state index in [2.05, 4.69) is 60.0 Å². The zero-order chi connectivity index (χ0) is 21.7. The van der Waals surface area contributed by atoms with E-state index in [0.29, 0.717) is 6.54 Å². The number of rotatable bonds is 4. The van der Waals surface area contributed by atoms with Crippen molar-refractivity contribution in [1.29, 1.82) is 0 Å². The van der Waals surface area contributed by atoms with E-state index in [-0.39, 0.29) is 11.9 Å². The Kier molecular flexibility index (Phi) is 4.39. The molecule has 3 heterocycles. The second-order valence-corrected chi connectivity index (χ2v) is 8.43. The van der Waals surface area contributed by atoms with E-state index in [1.165, 1.54) is 21.8 Å². The van der Waals surface area contributed by atoms with Gasteiger partial charge in [-0.1, -0.05) is 42.5 Å². The van der Waals surface area contributed by atoms with E-state index in [1.807, 2.05) is 35.2 Å². The number of para-hydroxylation sites is 1. The summed E-state index contributed by atoms with van der Waals surface area (Å²) in [6.07, 6.45) is 2.46. The van der Waals surface area contributed by atoms with Gasteiger partial charge in [0, 0.05) is 33.9 Å². The summed E-state index contributed by atoms with van der Waals surface area (Å²) in [5.41, 5.74) is 5.54. The summed E-state index contributed by atoms with van der Waals surface area (Å²) >= 11 is 0. The number of hydrogen-bond donors (Lipinski definition) is 0. The summed E-state index contributed by atoms with van der Waals surface area (Å²) < 4.78 is 7.96. The summed E-state index contributed by atoms with van der Waals surface area (Å²) in [4.78, 5) is 15.5. The lowest BCUT2D eigenvalue weighted by molar-refractivity contribution is 0.0612. The minimum absolute atomic E-state index is 0.0457. The van der Waals surface area contributed by atoms with Crippen molar-refractivity contribution in [2.24, 2.45) is 0 Å². The molecule has 0 bridgehead atoms. The first kappa shape index (κ1) is 18.9. The smallest absolute Gasteiger partial charge is 0.255 e. The van der Waals surface area contributed by atoms with Gasteiger partial charge in [-0.2, -0.15) is 0 Å². The van der Waals surface area contributed by atoms with E-state index < -0.39 is 0 Å². The van der Waals surface area contributed by atoms with Crippen LogP contribution in [-0.4, -0.2) is 15.4 Å². The van der Waals surface area contributed by atoms with Crippen LogP contribution in [-0.2, 0) is 19.5 Å². The minimum Gasteiger partial charge on any atom is -0.467 e. The summed E-state index contributed by atoms with van der Waals surface area (Å²) in [7, 11) is 0. The van der Waals surface area contributed by atoms with Crippen molar-refractivity contribution in [2.45, 2.75) is 32.5 Å². The van der Waals surface area contributed by atoms with Crippen LogP contribution in [0.1, 0.15) is 40.2 Å². The molecule has 4 heteroatoms. The lowest BCUT2D eigenvalue weighted by atomic mass is 9.88. The second-order valence-electron chi connectivity index (χ2n) is 8.43. The van der Waals surface area contributed by atoms with Gasteiger partial charge in [-0.05, 0) is 60.9 Å². The van der Waals surface area contributed by atoms with Crippen LogP contribution in [0.2, 0.25) is 0 Å². The van der Waals surface area contributed by atoms with Crippen molar-refractivity contribution in [3.8, 4) is 0 Å². The third kappa shape index (κ3) is 2.87. The van der Waals surface area contributed by atoms with Crippen molar-refractivity contribution in [3.05, 3.63) is 108 Å². The Morgan fingerprint density at radius 2 is 1.72 bits per heavy atom. The molecule has 5 aromatic rings. The van der Waals surface area contributed by atoms with Gasteiger partial charge in [0.15, 0.2) is 0 Å². The average molecular weight is 421 g/mol. The SMILES string of the molecule is CCn1c2ccccc2c2cc(C3Cc4ccccc4C(=O)N3Cc3ccco3)ccc21. The van der Waals surface area contributed by atoms with Crippen LogP contribution >= 0.6 is 0 Å². The maximum atomic E-state index is 13.5. The van der Waals surface area contributed by atoms with E-state index >= 15 is 0 Å². The molecular formula is C28H24N2O2. The monoisotopic (exact) mass is 420 g/mol. The summed E-state index contributed by atoms with van der Waals surface area (Å²) in [5.74, 6) is 0.857. The highest BCUT2D eigenvalue weighted by atomic mass is 16.3. The van der Waals surface area contributed by atoms with Crippen LogP contribution in [0.4, 0.5) is 0 Å². The fraction of sp³-hybridized carbons (Fsp3) is 0.179. The Hall–Kier alpha value is -3.79. The third-order valence-corrected chi connectivity index (χ3v) is 6.70. The standard InChI is InChI=1S/C28H24N2O2/c1-2-29-25-12-6-5-11-23(25)24-16-20(13-14-26(24)29)27-17-19-8-3-4-10-22(19)28(31)30(27)18-21-9-7-15-32-21/h3-16,27H,2,17-18H2,1H3. The van der Waals surface area contributed by atoms with Crippen LogP contribution in [0.15, 0.2) is 89.5 Å². The predicted octanol–water partition coefficient (Wildman–Crippen LogP) is 6.35. The number of hydrogen-bond acceptors (Lipinski definition) is 2. The van der Waals surface area contributed by atoms with Crippen molar-refractivity contribution in [2.75, 3.05) is 0 Å². The lowest BCUT2D eigenvalue weighted by Crippen LogP contribution is -2.39. The van der Waals surface area contributed by atoms with Crippen molar-refractivity contribution >= 4 is 27.7 Å². The normalized spacial score (nSPS) is 16.1. The molecule has 158 valence electrons. The Labute approximate surface area is 186 Å². The molecule has 0 fully saturated rings. The van der Waals surface area contributed by atoms with Crippen molar-refractivity contribution in [3.63, 3.8) is 0 Å². The fourth-order valence-corrected chi connectivity index (χ4v) is 5.19. The Morgan fingerprint density at radius 1 is 0.906 bits per heavy atom. The first-order chi connectivity index (χ1) is 15.7. The molecule has 6 rings (SSSR count). The number of amides is 1. The van der Waals surface area contributed by atoms with E-state index in [1.54, 1.807) is 6.26 Å². The quantitative estimate of drug-likeness (QED) is 0.340. The van der Waals surface area contributed by atoms with Crippen molar-refractivity contribution in [1.82, 2.24) is 9.47 Å². The number of benzene rings is 3. The van der Waals surface area contributed by atoms with Gasteiger partial charge in [0.2, 0.25) is 0 Å². The summed E-state index contributed by atoms with van der Waals surface area (Å²) in [6.45, 7) is 3.56. The van der Waals surface area contributed by atoms with Gasteiger partial charge in [0.25, 0.3) is 5.91 Å². The lowest BCUT2D eigenvalue weighted by Gasteiger charge is -2.36. The fourth-order valence-electron chi connectivity index (χ4n) is 5.19. The van der Waals surface area contributed by atoms with Gasteiger partial charge < -0.3 is 13.9 Å². The predicted molar refractivity (Wildman–Crippen MR) is 127 cm³/mol. The first-order valence-electron chi connectivity index (χ1n) is 11.2. The Morgan fingerprint density at radius 3 is 2.56 bits per heavy atom. The second kappa shape index (κ2) is 7.41. The molecule has 32 heavy (non-hydrogen) atoms. The van der Waals surface area contributed by atoms with Gasteiger partial charge in [-0.15, -0.1) is 0 Å². The zero-order valence-corrected chi connectivity index (χ0v) is 18.0. The van der Waals surface area contributed by atoms with Gasteiger partial charge in [-0.25, -0.2) is 0 Å². The number of nitrogens with zero attached hydrogens (tertiary/aromatic N) is 2. The van der Waals surface area contributed by atoms with E-state index in [4.69, 9.17) is 4.42 Å². The highest BCUT2D eigenvalue weighted by Gasteiger charge is 2.34. The summed E-state index contributed by atoms with van der Waals surface area (Å²) in [6, 6.07) is 27.0. The molecular weight excluding hydrogens is 396 g/mol. The van der Waals surface area contributed by atoms with Crippen LogP contribution in [0.5, 0.6) is 0 Å². The molecule has 0 radical (unpaired) electrons. The van der Waals surface area contributed by atoms with E-state index in [0.717, 1.165) is 35.4 Å². The topological polar surface area (TPSA) is 38.4 Å². The number of aromatic nitrogens is 1. The number of fused-ring (bicyclic) bond motifs is 4. The molecule has 1 atom stereocenters. The molecule has 4 nitrogen and oxygen atoms in total. The molecule has 2 aromatic heterocycles. The zero-order valence-electron chi connectivity index (χ0n) is 18.0. The van der Waals surface area contributed by atoms with Crippen LogP contribution in [0.25, 0.3) is 21.8 Å². The van der Waals surface area contributed by atoms with Gasteiger partial charge in [0.05, 0.1) is 18.8 Å². The summed E-state index contributed by atoms with van der Waals surface area (Å²) in [5, 5.41) is 2.50. The molecule has 1 aliphatic heterocycles. The Balaban J connectivity index is 1.51. The number of carbonyl (C=O) groups is 1. The largest absolute Gasteiger partial charge is 0.467 e. The van der Waals surface area contributed by atoms with Gasteiger partial charge in [0.1, 0.15) is 5.76 Å². The van der Waals surface area contributed by atoms with Crippen LogP contribution < -0.4 is 0 Å². The number of furan rings is 1. The molecule has 1 unspecified atom stereocenters. The maximum Gasteiger partial charge on any atom is 0.255 e. The molecule has 0 saturated carbocycles. The van der Waals surface area contributed by atoms with Gasteiger partial charge >= 0.3 is 0 Å². The Bertz CT molecular complexity index is 1450. The molecule has 0 spiro atoms. The highest BCUT2D eigenvalue weighted by Crippen LogP contribution is 2.37. The minimum atomic E-state index is -0.0457. The molecule has 1 aliphatic rings. The first-order valence-corrected chi connectivity index (χ1v) is 11.2.